The summed E-state index contributed by atoms with van der Waals surface area (Å²) in [5, 5.41) is 6.46. The van der Waals surface area contributed by atoms with Crippen molar-refractivity contribution in [2.75, 3.05) is 11.9 Å². The van der Waals surface area contributed by atoms with Crippen LogP contribution in [0.2, 0.25) is 0 Å². The lowest BCUT2D eigenvalue weighted by molar-refractivity contribution is 0.163. The predicted molar refractivity (Wildman–Crippen MR) is 47.5 cm³/mol. The van der Waals surface area contributed by atoms with Gasteiger partial charge in [-0.1, -0.05) is 0 Å². The summed E-state index contributed by atoms with van der Waals surface area (Å²) in [6.07, 6.45) is 0.882. The topological polar surface area (TPSA) is 42.2 Å². The molecule has 74 valence electrons. The molecule has 0 unspecified atom stereocenters. The van der Waals surface area contributed by atoms with E-state index in [4.69, 9.17) is 0 Å². The summed E-state index contributed by atoms with van der Waals surface area (Å²) in [6.45, 7) is -0.392. The van der Waals surface area contributed by atoms with Gasteiger partial charge in [-0.25, -0.2) is 18.3 Å². The van der Waals surface area contributed by atoms with E-state index in [1.165, 1.54) is 0 Å². The van der Waals surface area contributed by atoms with Gasteiger partial charge >= 0.3 is 0 Å². The highest BCUT2D eigenvalue weighted by Gasteiger charge is 2.03. The van der Waals surface area contributed by atoms with Gasteiger partial charge in [-0.05, 0) is 6.07 Å². The molecule has 2 aromatic heterocycles. The minimum atomic E-state index is -2.38. The van der Waals surface area contributed by atoms with Crippen molar-refractivity contribution in [2.45, 2.75) is 6.43 Å². The zero-order valence-electron chi connectivity index (χ0n) is 7.19. The summed E-state index contributed by atoms with van der Waals surface area (Å²) in [4.78, 5) is 4.06. The molecule has 6 heteroatoms. The first kappa shape index (κ1) is 8.86. The smallest absolute Gasteiger partial charge is 0.255 e. The van der Waals surface area contributed by atoms with Crippen molar-refractivity contribution in [2.24, 2.45) is 0 Å². The highest BCUT2D eigenvalue weighted by atomic mass is 19.3. The summed E-state index contributed by atoms with van der Waals surface area (Å²) in [7, 11) is 0. The van der Waals surface area contributed by atoms with Crippen LogP contribution in [0, 0.1) is 0 Å². The molecule has 0 amide bonds. The Bertz CT molecular complexity index is 426. The molecule has 2 heterocycles. The summed E-state index contributed by atoms with van der Waals surface area (Å²) in [5.41, 5.74) is 0.629. The van der Waals surface area contributed by atoms with Crippen LogP contribution in [0.4, 0.5) is 14.6 Å². The molecule has 14 heavy (non-hydrogen) atoms. The number of rotatable bonds is 3. The van der Waals surface area contributed by atoms with Crippen LogP contribution in [-0.4, -0.2) is 27.6 Å². The van der Waals surface area contributed by atoms with Crippen LogP contribution in [0.1, 0.15) is 0 Å². The fraction of sp³-hybridized carbons (Fsp3) is 0.250. The number of hydrogen-bond donors (Lipinski definition) is 1. The van der Waals surface area contributed by atoms with Gasteiger partial charge in [0.2, 0.25) is 0 Å². The molecule has 2 aromatic rings. The fourth-order valence-corrected chi connectivity index (χ4v) is 1.09. The SMILES string of the molecule is FC(F)CNc1ccn2nccc2n1. The van der Waals surface area contributed by atoms with Gasteiger partial charge in [-0.15, -0.1) is 0 Å². The van der Waals surface area contributed by atoms with Gasteiger partial charge in [-0.2, -0.15) is 5.10 Å². The number of hydrogen-bond acceptors (Lipinski definition) is 3. The Hall–Kier alpha value is -1.72. The first-order valence-corrected chi connectivity index (χ1v) is 4.08. The number of aromatic nitrogens is 3. The Morgan fingerprint density at radius 3 is 3.07 bits per heavy atom. The van der Waals surface area contributed by atoms with Gasteiger partial charge in [0.15, 0.2) is 5.65 Å². The lowest BCUT2D eigenvalue weighted by Crippen LogP contribution is -2.11. The molecule has 0 aliphatic carbocycles. The van der Waals surface area contributed by atoms with Crippen LogP contribution in [0.25, 0.3) is 5.65 Å². The second-order valence-electron chi connectivity index (χ2n) is 2.72. The average Bonchev–Trinajstić information content (AvgIpc) is 2.61. The molecule has 0 atom stereocenters. The number of nitrogens with one attached hydrogen (secondary N) is 1. The molecule has 0 aliphatic rings. The third-order valence-corrected chi connectivity index (χ3v) is 1.70. The van der Waals surface area contributed by atoms with Crippen molar-refractivity contribution < 1.29 is 8.78 Å². The third-order valence-electron chi connectivity index (χ3n) is 1.70. The van der Waals surface area contributed by atoms with Crippen molar-refractivity contribution in [3.63, 3.8) is 0 Å². The van der Waals surface area contributed by atoms with Gasteiger partial charge in [0.1, 0.15) is 5.82 Å². The van der Waals surface area contributed by atoms with Crippen molar-refractivity contribution >= 4 is 11.5 Å². The molecule has 4 nitrogen and oxygen atoms in total. The number of anilines is 1. The minimum Gasteiger partial charge on any atom is -0.364 e. The molecule has 0 saturated heterocycles. The standard InChI is InChI=1S/C8H8F2N4/c9-6(10)5-11-7-2-4-14-8(13-7)1-3-12-14/h1-4,6H,5H2,(H,11,13). The number of fused-ring (bicyclic) bond motifs is 1. The maximum absolute atomic E-state index is 11.9. The van der Waals surface area contributed by atoms with Crippen LogP contribution >= 0.6 is 0 Å². The number of halogens is 2. The van der Waals surface area contributed by atoms with Crippen molar-refractivity contribution in [1.82, 2.24) is 14.6 Å². The molecule has 0 bridgehead atoms. The normalized spacial score (nSPS) is 11.1. The summed E-state index contributed by atoms with van der Waals surface area (Å²) in [5.74, 6) is 0.429. The van der Waals surface area contributed by atoms with Crippen LogP contribution in [0.5, 0.6) is 0 Å². The largest absolute Gasteiger partial charge is 0.364 e. The lowest BCUT2D eigenvalue weighted by Gasteiger charge is -2.03. The Morgan fingerprint density at radius 2 is 2.29 bits per heavy atom. The van der Waals surface area contributed by atoms with E-state index < -0.39 is 13.0 Å². The van der Waals surface area contributed by atoms with Gasteiger partial charge in [-0.3, -0.25) is 0 Å². The highest BCUT2D eigenvalue weighted by Crippen LogP contribution is 2.06. The molecule has 0 aliphatic heterocycles. The Labute approximate surface area is 78.6 Å². The second kappa shape index (κ2) is 3.57. The van der Waals surface area contributed by atoms with E-state index in [1.54, 1.807) is 29.0 Å². The fourth-order valence-electron chi connectivity index (χ4n) is 1.09. The molecule has 1 N–H and O–H groups in total. The van der Waals surface area contributed by atoms with Crippen molar-refractivity contribution in [3.8, 4) is 0 Å². The van der Waals surface area contributed by atoms with E-state index in [-0.39, 0.29) is 0 Å². The van der Waals surface area contributed by atoms with Crippen molar-refractivity contribution in [3.05, 3.63) is 24.5 Å². The zero-order valence-corrected chi connectivity index (χ0v) is 7.19. The first-order chi connectivity index (χ1) is 6.75. The summed E-state index contributed by atoms with van der Waals surface area (Å²) in [6, 6.07) is 3.30. The second-order valence-corrected chi connectivity index (χ2v) is 2.72. The molecule has 0 saturated carbocycles. The lowest BCUT2D eigenvalue weighted by atomic mass is 10.5. The molecule has 0 radical (unpaired) electrons. The van der Waals surface area contributed by atoms with E-state index in [9.17, 15) is 8.78 Å². The molecule has 0 fully saturated rings. The monoisotopic (exact) mass is 198 g/mol. The third kappa shape index (κ3) is 1.78. The Kier molecular flexibility index (Phi) is 2.26. The Morgan fingerprint density at radius 1 is 1.43 bits per heavy atom. The molecule has 0 aromatic carbocycles. The molecule has 0 spiro atoms. The van der Waals surface area contributed by atoms with E-state index in [2.05, 4.69) is 15.4 Å². The van der Waals surface area contributed by atoms with Crippen LogP contribution in [-0.2, 0) is 0 Å². The summed E-state index contributed by atoms with van der Waals surface area (Å²) >= 11 is 0. The molecular weight excluding hydrogens is 190 g/mol. The van der Waals surface area contributed by atoms with Crippen molar-refractivity contribution in [1.29, 1.82) is 0 Å². The van der Waals surface area contributed by atoms with E-state index in [0.717, 1.165) is 0 Å². The van der Waals surface area contributed by atoms with Gasteiger partial charge in [0, 0.05) is 12.3 Å². The van der Waals surface area contributed by atoms with E-state index in [1.807, 2.05) is 0 Å². The predicted octanol–water partition coefficient (Wildman–Crippen LogP) is 1.41. The first-order valence-electron chi connectivity index (χ1n) is 4.08. The van der Waals surface area contributed by atoms with E-state index >= 15 is 0 Å². The van der Waals surface area contributed by atoms with Gasteiger partial charge in [0.05, 0.1) is 12.7 Å². The van der Waals surface area contributed by atoms with Gasteiger partial charge in [0.25, 0.3) is 6.43 Å². The average molecular weight is 198 g/mol. The van der Waals surface area contributed by atoms with Crippen LogP contribution in [0.15, 0.2) is 24.5 Å². The number of nitrogens with zero attached hydrogens (tertiary/aromatic N) is 3. The van der Waals surface area contributed by atoms with E-state index in [0.29, 0.717) is 11.5 Å². The Balaban J connectivity index is 2.17. The van der Waals surface area contributed by atoms with Crippen LogP contribution in [0.3, 0.4) is 0 Å². The quantitative estimate of drug-likeness (QED) is 0.810. The molecule has 2 rings (SSSR count). The zero-order chi connectivity index (χ0) is 9.97. The highest BCUT2D eigenvalue weighted by molar-refractivity contribution is 5.45. The maximum Gasteiger partial charge on any atom is 0.255 e. The molecular formula is C8H8F2N4. The maximum atomic E-state index is 11.9. The van der Waals surface area contributed by atoms with Gasteiger partial charge < -0.3 is 5.32 Å². The number of alkyl halides is 2. The van der Waals surface area contributed by atoms with Crippen LogP contribution < -0.4 is 5.32 Å². The summed E-state index contributed by atoms with van der Waals surface area (Å²) < 4.78 is 25.3. The minimum absolute atomic E-state index is 0.392.